The zero-order valence-electron chi connectivity index (χ0n) is 9.07. The predicted octanol–water partition coefficient (Wildman–Crippen LogP) is 1.46. The molecule has 0 unspecified atom stereocenters. The molecule has 2 saturated heterocycles. The molecule has 0 aromatic heterocycles. The molecule has 3 aliphatic rings. The van der Waals surface area contributed by atoms with E-state index in [1.54, 1.807) is 12.1 Å². The van der Waals surface area contributed by atoms with Crippen LogP contribution in [0.25, 0.3) is 0 Å². The lowest BCUT2D eigenvalue weighted by molar-refractivity contribution is -0.140. The molecule has 2 aliphatic heterocycles. The van der Waals surface area contributed by atoms with Crippen molar-refractivity contribution in [1.82, 2.24) is 5.32 Å². The topological polar surface area (TPSA) is 49.3 Å². The highest BCUT2D eigenvalue weighted by atomic mass is 16.3. The molecule has 0 atom stereocenters. The Labute approximate surface area is 94.5 Å². The summed E-state index contributed by atoms with van der Waals surface area (Å²) in [5.41, 5.74) is 1.53. The van der Waals surface area contributed by atoms with Crippen LogP contribution in [0, 0.1) is 11.3 Å². The normalized spacial score (nSPS) is 31.8. The van der Waals surface area contributed by atoms with Gasteiger partial charge in [0.1, 0.15) is 5.75 Å². The number of phenols is 1. The molecule has 1 saturated carbocycles. The molecular weight excluding hydrogens is 202 g/mol. The third kappa shape index (κ3) is 1.47. The van der Waals surface area contributed by atoms with Crippen molar-refractivity contribution in [2.75, 3.05) is 6.54 Å². The highest BCUT2D eigenvalue weighted by Crippen LogP contribution is 2.50. The van der Waals surface area contributed by atoms with Crippen molar-refractivity contribution >= 4 is 5.91 Å². The number of nitrogens with one attached hydrogen (secondary N) is 1. The van der Waals surface area contributed by atoms with Crippen LogP contribution in [0.1, 0.15) is 18.4 Å². The van der Waals surface area contributed by atoms with Gasteiger partial charge in [0.05, 0.1) is 0 Å². The van der Waals surface area contributed by atoms with Gasteiger partial charge in [-0.05, 0) is 42.4 Å². The van der Waals surface area contributed by atoms with Gasteiger partial charge < -0.3 is 10.4 Å². The van der Waals surface area contributed by atoms with Gasteiger partial charge in [0, 0.05) is 12.5 Å². The molecule has 0 radical (unpaired) electrons. The maximum atomic E-state index is 11.3. The minimum atomic E-state index is 0.229. The van der Waals surface area contributed by atoms with Gasteiger partial charge in [-0.15, -0.1) is 0 Å². The highest BCUT2D eigenvalue weighted by molar-refractivity contribution is 5.81. The Morgan fingerprint density at radius 2 is 2.00 bits per heavy atom. The van der Waals surface area contributed by atoms with E-state index < -0.39 is 0 Å². The van der Waals surface area contributed by atoms with Crippen LogP contribution in [0.15, 0.2) is 24.3 Å². The van der Waals surface area contributed by atoms with Gasteiger partial charge in [0.25, 0.3) is 0 Å². The Morgan fingerprint density at radius 1 is 1.31 bits per heavy atom. The predicted molar refractivity (Wildman–Crippen MR) is 60.0 cm³/mol. The number of hydrogen-bond acceptors (Lipinski definition) is 2. The van der Waals surface area contributed by atoms with Gasteiger partial charge in [-0.3, -0.25) is 4.79 Å². The Kier molecular flexibility index (Phi) is 1.96. The first-order valence-electron chi connectivity index (χ1n) is 5.73. The van der Waals surface area contributed by atoms with Crippen molar-refractivity contribution < 1.29 is 9.90 Å². The fraction of sp³-hybridized carbons (Fsp3) is 0.462. The summed E-state index contributed by atoms with van der Waals surface area (Å²) in [5, 5.41) is 12.2. The van der Waals surface area contributed by atoms with Crippen LogP contribution < -0.4 is 5.32 Å². The van der Waals surface area contributed by atoms with Crippen LogP contribution in [-0.4, -0.2) is 17.6 Å². The Bertz CT molecular complexity index is 413. The molecule has 1 amide bonds. The number of carbonyl (C=O) groups excluding carboxylic acids is 1. The monoisotopic (exact) mass is 217 g/mol. The molecule has 2 heterocycles. The van der Waals surface area contributed by atoms with E-state index in [9.17, 15) is 9.90 Å². The summed E-state index contributed by atoms with van der Waals surface area (Å²) in [7, 11) is 0. The average molecular weight is 217 g/mol. The fourth-order valence-corrected chi connectivity index (χ4v) is 2.99. The number of hydrogen-bond donors (Lipinski definition) is 2. The molecule has 1 aromatic rings. The first kappa shape index (κ1) is 9.70. The molecule has 1 aromatic carbocycles. The first-order chi connectivity index (χ1) is 7.67. The number of aromatic hydroxyl groups is 1. The molecule has 2 N–H and O–H groups in total. The molecule has 2 bridgehead atoms. The highest BCUT2D eigenvalue weighted by Gasteiger charge is 2.50. The maximum absolute atomic E-state index is 11.3. The number of fused-ring (bicyclic) bond motifs is 2. The minimum absolute atomic E-state index is 0.229. The summed E-state index contributed by atoms with van der Waals surface area (Å²) in [5.74, 6) is 0.795. The second-order valence-electron chi connectivity index (χ2n) is 5.17. The molecule has 84 valence electrons. The van der Waals surface area contributed by atoms with Crippen LogP contribution in [-0.2, 0) is 11.2 Å². The smallest absolute Gasteiger partial charge is 0.223 e. The van der Waals surface area contributed by atoms with Crippen LogP contribution in [0.2, 0.25) is 0 Å². The van der Waals surface area contributed by atoms with Crippen molar-refractivity contribution in [2.24, 2.45) is 11.3 Å². The van der Waals surface area contributed by atoms with E-state index in [4.69, 9.17) is 0 Å². The van der Waals surface area contributed by atoms with E-state index >= 15 is 0 Å². The number of carbonyl (C=O) groups is 1. The molecule has 3 heteroatoms. The molecule has 16 heavy (non-hydrogen) atoms. The second-order valence-corrected chi connectivity index (χ2v) is 5.17. The quantitative estimate of drug-likeness (QED) is 0.788. The maximum Gasteiger partial charge on any atom is 0.223 e. The molecule has 3 fully saturated rings. The first-order valence-corrected chi connectivity index (χ1v) is 5.73. The number of amides is 1. The Balaban J connectivity index is 1.72. The van der Waals surface area contributed by atoms with E-state index in [0.717, 1.165) is 25.8 Å². The van der Waals surface area contributed by atoms with Gasteiger partial charge in [0.15, 0.2) is 0 Å². The second kappa shape index (κ2) is 3.24. The lowest BCUT2D eigenvalue weighted by Crippen LogP contribution is -2.58. The summed E-state index contributed by atoms with van der Waals surface area (Å²) in [6.45, 7) is 0.809. The largest absolute Gasteiger partial charge is 0.508 e. The van der Waals surface area contributed by atoms with Gasteiger partial charge in [-0.1, -0.05) is 12.1 Å². The Morgan fingerprint density at radius 3 is 2.56 bits per heavy atom. The molecule has 0 spiro atoms. The Hall–Kier alpha value is -1.51. The van der Waals surface area contributed by atoms with Gasteiger partial charge in [0.2, 0.25) is 5.91 Å². The molecule has 4 rings (SSSR count). The van der Waals surface area contributed by atoms with Crippen LogP contribution in [0.5, 0.6) is 5.75 Å². The number of phenolic OH excluding ortho intramolecular Hbond substituents is 1. The van der Waals surface area contributed by atoms with Crippen molar-refractivity contribution in [3.63, 3.8) is 0 Å². The van der Waals surface area contributed by atoms with Gasteiger partial charge in [-0.2, -0.15) is 0 Å². The standard InChI is InChI=1S/C13H15NO2/c15-11-3-1-9(2-4-11)5-13-6-10(7-13)12(16)14-8-13/h1-4,10,15H,5-8H2,(H,14,16). The zero-order chi connectivity index (χ0) is 11.2. The van der Waals surface area contributed by atoms with Crippen LogP contribution >= 0.6 is 0 Å². The van der Waals surface area contributed by atoms with E-state index in [2.05, 4.69) is 5.32 Å². The van der Waals surface area contributed by atoms with Gasteiger partial charge in [-0.25, -0.2) is 0 Å². The van der Waals surface area contributed by atoms with Gasteiger partial charge >= 0.3 is 0 Å². The number of benzene rings is 1. The minimum Gasteiger partial charge on any atom is -0.508 e. The van der Waals surface area contributed by atoms with E-state index in [0.29, 0.717) is 5.75 Å². The summed E-state index contributed by atoms with van der Waals surface area (Å²) >= 11 is 0. The van der Waals surface area contributed by atoms with Crippen molar-refractivity contribution in [2.45, 2.75) is 19.3 Å². The third-order valence-electron chi connectivity index (χ3n) is 3.88. The van der Waals surface area contributed by atoms with Crippen LogP contribution in [0.3, 0.4) is 0 Å². The fourth-order valence-electron chi connectivity index (χ4n) is 2.99. The van der Waals surface area contributed by atoms with Crippen LogP contribution in [0.4, 0.5) is 0 Å². The van der Waals surface area contributed by atoms with E-state index in [1.165, 1.54) is 5.56 Å². The third-order valence-corrected chi connectivity index (χ3v) is 3.88. The number of piperidine rings is 2. The van der Waals surface area contributed by atoms with Crippen molar-refractivity contribution in [1.29, 1.82) is 0 Å². The van der Waals surface area contributed by atoms with Crippen molar-refractivity contribution in [3.8, 4) is 5.75 Å². The van der Waals surface area contributed by atoms with Crippen molar-refractivity contribution in [3.05, 3.63) is 29.8 Å². The lowest BCUT2D eigenvalue weighted by Gasteiger charge is -2.51. The summed E-state index contributed by atoms with van der Waals surface area (Å²) in [6, 6.07) is 7.38. The summed E-state index contributed by atoms with van der Waals surface area (Å²) in [6.07, 6.45) is 3.06. The SMILES string of the molecule is O=C1NCC2(Cc3ccc(O)cc3)CC1C2. The molecule has 1 aliphatic carbocycles. The zero-order valence-corrected chi connectivity index (χ0v) is 9.07. The average Bonchev–Trinajstić information content (AvgIpc) is 2.23. The summed E-state index contributed by atoms with van der Waals surface area (Å²) < 4.78 is 0. The number of rotatable bonds is 2. The lowest BCUT2D eigenvalue weighted by atomic mass is 9.57. The molecule has 3 nitrogen and oxygen atoms in total. The van der Waals surface area contributed by atoms with E-state index in [1.807, 2.05) is 12.1 Å². The van der Waals surface area contributed by atoms with E-state index in [-0.39, 0.29) is 17.2 Å². The molecular formula is C13H15NO2. The summed E-state index contributed by atoms with van der Waals surface area (Å²) in [4.78, 5) is 11.3.